The summed E-state index contributed by atoms with van der Waals surface area (Å²) in [5.74, 6) is -0.617. The Morgan fingerprint density at radius 3 is 2.37 bits per heavy atom. The molecule has 0 spiro atoms. The van der Waals surface area contributed by atoms with Gasteiger partial charge in [0.2, 0.25) is 5.91 Å². The number of rotatable bonds is 6. The van der Waals surface area contributed by atoms with Gasteiger partial charge in [0.05, 0.1) is 0 Å². The van der Waals surface area contributed by atoms with Crippen molar-refractivity contribution in [3.63, 3.8) is 0 Å². The van der Waals surface area contributed by atoms with Gasteiger partial charge in [0, 0.05) is 30.8 Å². The minimum absolute atomic E-state index is 0.0612. The van der Waals surface area contributed by atoms with Crippen molar-refractivity contribution in [2.45, 2.75) is 41.2 Å². The summed E-state index contributed by atoms with van der Waals surface area (Å²) in [4.78, 5) is 35.7. The third-order valence-corrected chi connectivity index (χ3v) is 4.54. The van der Waals surface area contributed by atoms with Crippen LogP contribution in [0.4, 0.5) is 5.69 Å². The lowest BCUT2D eigenvalue weighted by Gasteiger charge is -2.19. The van der Waals surface area contributed by atoms with Crippen LogP contribution in [0.5, 0.6) is 5.75 Å². The van der Waals surface area contributed by atoms with Gasteiger partial charge in [0.25, 0.3) is 5.91 Å². The van der Waals surface area contributed by atoms with E-state index >= 15 is 0 Å². The molecule has 0 heterocycles. The molecule has 6 heteroatoms. The van der Waals surface area contributed by atoms with Crippen molar-refractivity contribution >= 4 is 23.5 Å². The van der Waals surface area contributed by atoms with Gasteiger partial charge in [0.15, 0.2) is 0 Å². The van der Waals surface area contributed by atoms with Crippen LogP contribution in [0.1, 0.15) is 50.5 Å². The molecule has 0 saturated carbocycles. The number of amides is 2. The first-order chi connectivity index (χ1) is 14.0. The van der Waals surface area contributed by atoms with Crippen LogP contribution in [0, 0.1) is 5.41 Å². The van der Waals surface area contributed by atoms with E-state index in [2.05, 4.69) is 31.4 Å². The number of allylic oxidation sites excluding steroid dienone is 1. The fourth-order valence-electron chi connectivity index (χ4n) is 2.48. The van der Waals surface area contributed by atoms with E-state index in [0.717, 1.165) is 11.1 Å². The van der Waals surface area contributed by atoms with Crippen molar-refractivity contribution in [3.05, 3.63) is 71.3 Å². The minimum Gasteiger partial charge on any atom is -0.427 e. The van der Waals surface area contributed by atoms with E-state index in [1.807, 2.05) is 19.1 Å². The van der Waals surface area contributed by atoms with E-state index in [4.69, 9.17) is 4.74 Å². The van der Waals surface area contributed by atoms with Crippen molar-refractivity contribution in [2.75, 3.05) is 5.32 Å². The van der Waals surface area contributed by atoms with Gasteiger partial charge in [-0.1, -0.05) is 44.5 Å². The molecular formula is C24H28N2O4. The number of hydrogen-bond acceptors (Lipinski definition) is 4. The lowest BCUT2D eigenvalue weighted by Crippen LogP contribution is -2.22. The first-order valence-corrected chi connectivity index (χ1v) is 9.70. The van der Waals surface area contributed by atoms with Crippen LogP contribution >= 0.6 is 0 Å². The van der Waals surface area contributed by atoms with Gasteiger partial charge < -0.3 is 15.4 Å². The second-order valence-electron chi connectivity index (χ2n) is 8.07. The van der Waals surface area contributed by atoms with Gasteiger partial charge in [-0.3, -0.25) is 14.4 Å². The van der Waals surface area contributed by atoms with Crippen molar-refractivity contribution < 1.29 is 19.1 Å². The first-order valence-electron chi connectivity index (χ1n) is 9.70. The van der Waals surface area contributed by atoms with E-state index in [0.29, 0.717) is 23.5 Å². The third-order valence-electron chi connectivity index (χ3n) is 4.54. The topological polar surface area (TPSA) is 84.5 Å². The van der Waals surface area contributed by atoms with Crippen molar-refractivity contribution in [3.8, 4) is 5.75 Å². The summed E-state index contributed by atoms with van der Waals surface area (Å²) >= 11 is 0. The summed E-state index contributed by atoms with van der Waals surface area (Å²) in [6, 6.07) is 13.6. The average molecular weight is 408 g/mol. The highest BCUT2D eigenvalue weighted by Crippen LogP contribution is 2.24. The average Bonchev–Trinajstić information content (AvgIpc) is 2.65. The van der Waals surface area contributed by atoms with Crippen LogP contribution in [0.15, 0.2) is 60.2 Å². The largest absolute Gasteiger partial charge is 0.427 e. The van der Waals surface area contributed by atoms with Gasteiger partial charge in [-0.2, -0.15) is 0 Å². The maximum atomic E-state index is 12.5. The van der Waals surface area contributed by atoms with Crippen LogP contribution in [0.3, 0.4) is 0 Å². The number of hydrogen-bond donors (Lipinski definition) is 2. The van der Waals surface area contributed by atoms with E-state index in [1.54, 1.807) is 36.4 Å². The van der Waals surface area contributed by atoms with Gasteiger partial charge in [-0.05, 0) is 48.2 Å². The summed E-state index contributed by atoms with van der Waals surface area (Å²) in [5.41, 5.74) is 2.77. The number of carbonyl (C=O) groups is 3. The van der Waals surface area contributed by atoms with Gasteiger partial charge in [-0.25, -0.2) is 0 Å². The second-order valence-corrected chi connectivity index (χ2v) is 8.07. The lowest BCUT2D eigenvalue weighted by atomic mass is 9.87. The standard InChI is InChI=1S/C24H28N2O4/c1-16(24(3,4)5)12-22(28)25-15-18-8-6-10-20(13-18)26-23(29)19-9-7-11-21(14-19)30-17(2)27/h6-14H,15H2,1-5H3,(H,25,28)(H,26,29)/b16-12+. The molecule has 2 N–H and O–H groups in total. The van der Waals surface area contributed by atoms with E-state index < -0.39 is 5.97 Å². The summed E-state index contributed by atoms with van der Waals surface area (Å²) in [6.45, 7) is 9.75. The Hall–Kier alpha value is -3.41. The summed E-state index contributed by atoms with van der Waals surface area (Å²) in [6.07, 6.45) is 1.61. The zero-order valence-electron chi connectivity index (χ0n) is 18.0. The van der Waals surface area contributed by atoms with Crippen molar-refractivity contribution in [2.24, 2.45) is 5.41 Å². The highest BCUT2D eigenvalue weighted by Gasteiger charge is 2.14. The molecule has 158 valence electrons. The smallest absolute Gasteiger partial charge is 0.308 e. The van der Waals surface area contributed by atoms with Crippen LogP contribution < -0.4 is 15.4 Å². The van der Waals surface area contributed by atoms with Gasteiger partial charge in [0.1, 0.15) is 5.75 Å². The number of anilines is 1. The van der Waals surface area contributed by atoms with Crippen LogP contribution in [0.2, 0.25) is 0 Å². The maximum Gasteiger partial charge on any atom is 0.308 e. The van der Waals surface area contributed by atoms with Crippen LogP contribution in [0.25, 0.3) is 0 Å². The molecule has 0 aliphatic heterocycles. The number of esters is 1. The molecule has 0 unspecified atom stereocenters. The Kier molecular flexibility index (Phi) is 7.53. The number of nitrogens with one attached hydrogen (secondary N) is 2. The molecule has 0 fully saturated rings. The Labute approximate surface area is 177 Å². The van der Waals surface area contributed by atoms with Crippen molar-refractivity contribution in [1.82, 2.24) is 5.32 Å². The normalized spacial score (nSPS) is 11.6. The maximum absolute atomic E-state index is 12.5. The second kappa shape index (κ2) is 9.87. The molecule has 0 bridgehead atoms. The number of benzene rings is 2. The molecular weight excluding hydrogens is 380 g/mol. The Morgan fingerprint density at radius 2 is 1.70 bits per heavy atom. The molecule has 2 amide bonds. The Morgan fingerprint density at radius 1 is 1.00 bits per heavy atom. The SMILES string of the molecule is CC(=O)Oc1cccc(C(=O)Nc2cccc(CNC(=O)/C=C(\C)C(C)(C)C)c2)c1. The molecule has 2 aromatic rings. The zero-order valence-corrected chi connectivity index (χ0v) is 18.0. The van der Waals surface area contributed by atoms with E-state index in [1.165, 1.54) is 13.0 Å². The first kappa shape index (κ1) is 22.9. The third kappa shape index (κ3) is 7.20. The lowest BCUT2D eigenvalue weighted by molar-refractivity contribution is -0.131. The minimum atomic E-state index is -0.449. The Bertz CT molecular complexity index is 971. The van der Waals surface area contributed by atoms with Gasteiger partial charge in [-0.15, -0.1) is 0 Å². The molecule has 30 heavy (non-hydrogen) atoms. The highest BCUT2D eigenvalue weighted by molar-refractivity contribution is 6.04. The zero-order chi connectivity index (χ0) is 22.3. The predicted octanol–water partition coefficient (Wildman–Crippen LogP) is 4.47. The van der Waals surface area contributed by atoms with E-state index in [-0.39, 0.29) is 17.2 Å². The summed E-state index contributed by atoms with van der Waals surface area (Å²) in [5, 5.41) is 5.68. The quantitative estimate of drug-likeness (QED) is 0.419. The summed E-state index contributed by atoms with van der Waals surface area (Å²) in [7, 11) is 0. The summed E-state index contributed by atoms with van der Waals surface area (Å²) < 4.78 is 5.01. The van der Waals surface area contributed by atoms with Crippen molar-refractivity contribution in [1.29, 1.82) is 0 Å². The molecule has 0 aromatic heterocycles. The monoisotopic (exact) mass is 408 g/mol. The van der Waals surface area contributed by atoms with Gasteiger partial charge >= 0.3 is 5.97 Å². The molecule has 0 atom stereocenters. The molecule has 0 aliphatic rings. The number of carbonyl (C=O) groups excluding carboxylic acids is 3. The number of ether oxygens (including phenoxy) is 1. The molecule has 0 aliphatic carbocycles. The molecule has 2 rings (SSSR count). The molecule has 2 aromatic carbocycles. The highest BCUT2D eigenvalue weighted by atomic mass is 16.5. The van der Waals surface area contributed by atoms with Crippen LogP contribution in [-0.4, -0.2) is 17.8 Å². The molecule has 0 saturated heterocycles. The Balaban J connectivity index is 2.01. The molecule has 6 nitrogen and oxygen atoms in total. The van der Waals surface area contributed by atoms with E-state index in [9.17, 15) is 14.4 Å². The van der Waals surface area contributed by atoms with Crippen LogP contribution in [-0.2, 0) is 16.1 Å². The fourth-order valence-corrected chi connectivity index (χ4v) is 2.48. The fraction of sp³-hybridized carbons (Fsp3) is 0.292. The molecule has 0 radical (unpaired) electrons. The predicted molar refractivity (Wildman–Crippen MR) is 117 cm³/mol.